The van der Waals surface area contributed by atoms with Crippen molar-refractivity contribution in [2.24, 2.45) is 0 Å². The molecule has 3 rings (SSSR count). The van der Waals surface area contributed by atoms with Crippen LogP contribution in [0.3, 0.4) is 0 Å². The molecule has 0 N–H and O–H groups in total. The number of anilines is 1. The molecule has 162 valence electrons. The minimum Gasteiger partial charge on any atom is -0.449 e. The van der Waals surface area contributed by atoms with Crippen molar-refractivity contribution in [1.29, 1.82) is 0 Å². The number of esters is 1. The van der Waals surface area contributed by atoms with Gasteiger partial charge in [0, 0.05) is 11.9 Å². The minimum atomic E-state index is -3.99. The molecule has 31 heavy (non-hydrogen) atoms. The van der Waals surface area contributed by atoms with Gasteiger partial charge in [0.25, 0.3) is 15.9 Å². The van der Waals surface area contributed by atoms with Crippen molar-refractivity contribution in [3.05, 3.63) is 83.6 Å². The van der Waals surface area contributed by atoms with Crippen LogP contribution in [0.5, 0.6) is 0 Å². The molecule has 0 saturated carbocycles. The third-order valence-electron chi connectivity index (χ3n) is 4.24. The number of benzene rings is 2. The Balaban J connectivity index is 1.88. The fourth-order valence-electron chi connectivity index (χ4n) is 2.73. The second-order valence-corrected chi connectivity index (χ2v) is 8.83. The standard InChI is InChI=1S/C21H20ClN3O5S/c1-4-12-25(18-10-8-17(22)9-11-18)31(27,28)19-7-5-6-16(13-19)21(26)29-14(2)20-24-23-15(3)30-20/h4-11,13-14H,1,12H2,2-3H3. The molecule has 1 unspecified atom stereocenters. The first-order valence-corrected chi connectivity index (χ1v) is 11.0. The summed E-state index contributed by atoms with van der Waals surface area (Å²) in [5, 5.41) is 7.99. The SMILES string of the molecule is C=CCN(c1ccc(Cl)cc1)S(=O)(=O)c1cccc(C(=O)OC(C)c2nnc(C)o2)c1. The van der Waals surface area contributed by atoms with Gasteiger partial charge in [-0.2, -0.15) is 0 Å². The Labute approximate surface area is 185 Å². The van der Waals surface area contributed by atoms with Gasteiger partial charge in [0.15, 0.2) is 6.10 Å². The Hall–Kier alpha value is -3.17. The normalized spacial score (nSPS) is 12.2. The molecule has 8 nitrogen and oxygen atoms in total. The molecule has 0 saturated heterocycles. The number of sulfonamides is 1. The zero-order valence-corrected chi connectivity index (χ0v) is 18.4. The maximum Gasteiger partial charge on any atom is 0.338 e. The van der Waals surface area contributed by atoms with E-state index in [-0.39, 0.29) is 22.9 Å². The van der Waals surface area contributed by atoms with Crippen molar-refractivity contribution in [3.63, 3.8) is 0 Å². The summed E-state index contributed by atoms with van der Waals surface area (Å²) in [5.74, 6) is -0.229. The van der Waals surface area contributed by atoms with Crippen LogP contribution in [0.25, 0.3) is 0 Å². The average Bonchev–Trinajstić information content (AvgIpc) is 3.19. The molecule has 1 atom stereocenters. The van der Waals surface area contributed by atoms with Crippen LogP contribution in [0.1, 0.15) is 35.2 Å². The van der Waals surface area contributed by atoms with Gasteiger partial charge in [0.1, 0.15) is 0 Å². The van der Waals surface area contributed by atoms with Gasteiger partial charge in [0.05, 0.1) is 22.7 Å². The molecule has 2 aromatic carbocycles. The lowest BCUT2D eigenvalue weighted by Crippen LogP contribution is -2.31. The van der Waals surface area contributed by atoms with Crippen LogP contribution < -0.4 is 4.31 Å². The number of nitrogens with zero attached hydrogens (tertiary/aromatic N) is 3. The molecular formula is C21H20ClN3O5S. The van der Waals surface area contributed by atoms with Gasteiger partial charge in [-0.3, -0.25) is 4.31 Å². The molecule has 3 aromatic rings. The van der Waals surface area contributed by atoms with Crippen molar-refractivity contribution in [2.45, 2.75) is 24.8 Å². The second-order valence-electron chi connectivity index (χ2n) is 6.54. The number of hydrogen-bond acceptors (Lipinski definition) is 7. The molecule has 10 heteroatoms. The van der Waals surface area contributed by atoms with E-state index >= 15 is 0 Å². The van der Waals surface area contributed by atoms with Gasteiger partial charge in [-0.05, 0) is 49.4 Å². The number of hydrogen-bond donors (Lipinski definition) is 0. The maximum absolute atomic E-state index is 13.3. The lowest BCUT2D eigenvalue weighted by atomic mass is 10.2. The molecule has 0 aliphatic carbocycles. The number of aromatic nitrogens is 2. The van der Waals surface area contributed by atoms with Gasteiger partial charge in [-0.25, -0.2) is 13.2 Å². The first-order chi connectivity index (χ1) is 14.7. The van der Waals surface area contributed by atoms with Crippen LogP contribution in [-0.4, -0.2) is 31.1 Å². The predicted molar refractivity (Wildman–Crippen MR) is 115 cm³/mol. The monoisotopic (exact) mass is 461 g/mol. The highest BCUT2D eigenvalue weighted by molar-refractivity contribution is 7.92. The third kappa shape index (κ3) is 5.12. The summed E-state index contributed by atoms with van der Waals surface area (Å²) in [4.78, 5) is 12.5. The number of carbonyl (C=O) groups excluding carboxylic acids is 1. The van der Waals surface area contributed by atoms with E-state index in [2.05, 4.69) is 16.8 Å². The molecule has 0 spiro atoms. The summed E-state index contributed by atoms with van der Waals surface area (Å²) < 4.78 is 38.3. The van der Waals surface area contributed by atoms with Crippen molar-refractivity contribution in [1.82, 2.24) is 10.2 Å². The van der Waals surface area contributed by atoms with Crippen molar-refractivity contribution in [3.8, 4) is 0 Å². The number of halogens is 1. The highest BCUT2D eigenvalue weighted by Gasteiger charge is 2.26. The fourth-order valence-corrected chi connectivity index (χ4v) is 4.34. The van der Waals surface area contributed by atoms with Crippen molar-refractivity contribution >= 4 is 33.3 Å². The van der Waals surface area contributed by atoms with Crippen LogP contribution in [0.4, 0.5) is 5.69 Å². The Morgan fingerprint density at radius 2 is 1.97 bits per heavy atom. The number of aryl methyl sites for hydroxylation is 1. The molecule has 0 radical (unpaired) electrons. The second kappa shape index (κ2) is 9.32. The van der Waals surface area contributed by atoms with E-state index in [0.717, 1.165) is 0 Å². The van der Waals surface area contributed by atoms with Gasteiger partial charge in [-0.1, -0.05) is 23.7 Å². The van der Waals surface area contributed by atoms with Gasteiger partial charge >= 0.3 is 5.97 Å². The van der Waals surface area contributed by atoms with Crippen LogP contribution in [0.2, 0.25) is 5.02 Å². The summed E-state index contributed by atoms with van der Waals surface area (Å²) >= 11 is 5.91. The lowest BCUT2D eigenvalue weighted by molar-refractivity contribution is 0.0276. The van der Waals surface area contributed by atoms with E-state index in [4.69, 9.17) is 20.8 Å². The van der Waals surface area contributed by atoms with Gasteiger partial charge in [0.2, 0.25) is 5.89 Å². The molecule has 0 aliphatic heterocycles. The molecule has 0 aliphatic rings. The first kappa shape index (κ1) is 22.5. The maximum atomic E-state index is 13.3. The van der Waals surface area contributed by atoms with Crippen molar-refractivity contribution in [2.75, 3.05) is 10.8 Å². The highest BCUT2D eigenvalue weighted by atomic mass is 35.5. The fraction of sp³-hybridized carbons (Fsp3) is 0.190. The average molecular weight is 462 g/mol. The van der Waals surface area contributed by atoms with E-state index in [9.17, 15) is 13.2 Å². The smallest absolute Gasteiger partial charge is 0.338 e. The van der Waals surface area contributed by atoms with Crippen molar-refractivity contribution < 1.29 is 22.4 Å². The molecule has 1 heterocycles. The van der Waals surface area contributed by atoms with E-state index in [0.29, 0.717) is 16.6 Å². The number of carbonyl (C=O) groups is 1. The van der Waals surface area contributed by atoms with Crippen LogP contribution in [-0.2, 0) is 14.8 Å². The summed E-state index contributed by atoms with van der Waals surface area (Å²) in [5.41, 5.74) is 0.483. The summed E-state index contributed by atoms with van der Waals surface area (Å²) in [6.07, 6.45) is 0.679. The quantitative estimate of drug-likeness (QED) is 0.363. The summed E-state index contributed by atoms with van der Waals surface area (Å²) in [7, 11) is -3.99. The zero-order valence-electron chi connectivity index (χ0n) is 16.9. The lowest BCUT2D eigenvalue weighted by Gasteiger charge is -2.23. The largest absolute Gasteiger partial charge is 0.449 e. The van der Waals surface area contributed by atoms with Crippen LogP contribution >= 0.6 is 11.6 Å². The van der Waals surface area contributed by atoms with E-state index < -0.39 is 22.1 Å². The van der Waals surface area contributed by atoms with Crippen LogP contribution in [0.15, 0.2) is 70.5 Å². The molecule has 0 fully saturated rings. The Morgan fingerprint density at radius 3 is 2.58 bits per heavy atom. The van der Waals surface area contributed by atoms with Gasteiger partial charge < -0.3 is 9.15 Å². The molecule has 0 amide bonds. The third-order valence-corrected chi connectivity index (χ3v) is 6.28. The topological polar surface area (TPSA) is 103 Å². The highest BCUT2D eigenvalue weighted by Crippen LogP contribution is 2.26. The van der Waals surface area contributed by atoms with E-state index in [1.165, 1.54) is 34.6 Å². The molecule has 0 bridgehead atoms. The molecular weight excluding hydrogens is 442 g/mol. The number of ether oxygens (including phenoxy) is 1. The number of rotatable bonds is 8. The summed E-state index contributed by atoms with van der Waals surface area (Å²) in [6.45, 7) is 6.87. The zero-order chi connectivity index (χ0) is 22.6. The summed E-state index contributed by atoms with van der Waals surface area (Å²) in [6, 6.07) is 12.0. The Bertz CT molecular complexity index is 1190. The van der Waals surface area contributed by atoms with E-state index in [1.54, 1.807) is 38.1 Å². The Morgan fingerprint density at radius 1 is 1.26 bits per heavy atom. The minimum absolute atomic E-state index is 0.0339. The van der Waals surface area contributed by atoms with E-state index in [1.807, 2.05) is 0 Å². The first-order valence-electron chi connectivity index (χ1n) is 9.22. The van der Waals surface area contributed by atoms with Crippen LogP contribution in [0, 0.1) is 6.92 Å². The van der Waals surface area contributed by atoms with Gasteiger partial charge in [-0.15, -0.1) is 16.8 Å². The molecule has 1 aromatic heterocycles. The Kier molecular flexibility index (Phi) is 6.77. The predicted octanol–water partition coefficient (Wildman–Crippen LogP) is 4.33.